The molecule has 0 N–H and O–H groups in total. The third kappa shape index (κ3) is 3.70. The van der Waals surface area contributed by atoms with Gasteiger partial charge in [-0.25, -0.2) is 0 Å². The van der Waals surface area contributed by atoms with Gasteiger partial charge >= 0.3 is 118 Å². The van der Waals surface area contributed by atoms with E-state index in [0.29, 0.717) is 0 Å². The summed E-state index contributed by atoms with van der Waals surface area (Å²) in [7, 11) is 0. The van der Waals surface area contributed by atoms with Gasteiger partial charge in [0.15, 0.2) is 0 Å². The second kappa shape index (κ2) is 9.27. The maximum absolute atomic E-state index is 2.21. The number of rotatable bonds is 0. The minimum Gasteiger partial charge on any atom is -1.00 e. The van der Waals surface area contributed by atoms with Gasteiger partial charge < -0.3 is 5.71 Å². The third-order valence-corrected chi connectivity index (χ3v) is 3.39. The molecule has 4 rings (SSSR count). The molecule has 0 aromatic heterocycles. The summed E-state index contributed by atoms with van der Waals surface area (Å²) < 4.78 is 0. The van der Waals surface area contributed by atoms with Crippen molar-refractivity contribution in [2.45, 2.75) is 0 Å². The van der Waals surface area contributed by atoms with E-state index in [1.54, 1.807) is 0 Å². The normalized spacial score (nSPS) is 9.40. The average Bonchev–Trinajstić information content (AvgIpc) is 2.36. The summed E-state index contributed by atoms with van der Waals surface area (Å²) in [5, 5.41) is 8.14. The zero-order chi connectivity index (χ0) is 10.5. The van der Waals surface area contributed by atoms with Gasteiger partial charge in [-0.1, -0.05) is 60.7 Å². The molecule has 0 fully saturated rings. The molecular formula is C16H14Na4. The van der Waals surface area contributed by atoms with Crippen molar-refractivity contribution in [1.29, 1.82) is 0 Å². The van der Waals surface area contributed by atoms with Crippen molar-refractivity contribution in [1.82, 2.24) is 0 Å². The topological polar surface area (TPSA) is 0 Å². The van der Waals surface area contributed by atoms with E-state index in [1.807, 2.05) is 0 Å². The van der Waals surface area contributed by atoms with Crippen LogP contribution >= 0.6 is 0 Å². The van der Waals surface area contributed by atoms with E-state index in [4.69, 9.17) is 0 Å². The van der Waals surface area contributed by atoms with Crippen LogP contribution in [0.1, 0.15) is 5.71 Å². The van der Waals surface area contributed by atoms with E-state index in [9.17, 15) is 0 Å². The van der Waals surface area contributed by atoms with Crippen molar-refractivity contribution in [3.8, 4) is 0 Å². The van der Waals surface area contributed by atoms with Crippen LogP contribution in [0.2, 0.25) is 0 Å². The van der Waals surface area contributed by atoms with Crippen molar-refractivity contribution in [2.24, 2.45) is 0 Å². The number of hydrogen-bond donors (Lipinski definition) is 0. The molecule has 0 radical (unpaired) electrons. The second-order valence-corrected chi connectivity index (χ2v) is 4.29. The van der Waals surface area contributed by atoms with Crippen molar-refractivity contribution >= 4 is 32.3 Å². The van der Waals surface area contributed by atoms with Crippen LogP contribution in [0.15, 0.2) is 60.7 Å². The zero-order valence-corrected chi connectivity index (χ0v) is 20.8. The van der Waals surface area contributed by atoms with Crippen LogP contribution in [0.4, 0.5) is 0 Å². The summed E-state index contributed by atoms with van der Waals surface area (Å²) in [6.07, 6.45) is 0. The molecule has 4 heteroatoms. The number of benzene rings is 4. The molecule has 82 valence electrons. The summed E-state index contributed by atoms with van der Waals surface area (Å²) >= 11 is 0. The Morgan fingerprint density at radius 2 is 0.650 bits per heavy atom. The van der Waals surface area contributed by atoms with Crippen LogP contribution < -0.4 is 118 Å². The van der Waals surface area contributed by atoms with Crippen LogP contribution in [-0.2, 0) is 0 Å². The molecule has 0 saturated heterocycles. The fourth-order valence-electron chi connectivity index (χ4n) is 2.67. The van der Waals surface area contributed by atoms with Gasteiger partial charge in [0.1, 0.15) is 0 Å². The molecule has 20 heavy (non-hydrogen) atoms. The van der Waals surface area contributed by atoms with Crippen LogP contribution in [-0.4, -0.2) is 0 Å². The molecule has 0 nitrogen and oxygen atoms in total. The van der Waals surface area contributed by atoms with Crippen molar-refractivity contribution in [3.63, 3.8) is 0 Å². The molecule has 0 aliphatic carbocycles. The first-order chi connectivity index (χ1) is 7.93. The standard InChI is InChI=1S/C16H10.4Na.4H/c1-3-11-7-9-13-5-2-6-14-10-8-12(4-1)15(11)16(13)14;;;;;;;;/h1-10H;;;;;;;;/q;4*+1;4*-1. The summed E-state index contributed by atoms with van der Waals surface area (Å²) in [4.78, 5) is 0. The van der Waals surface area contributed by atoms with E-state index in [2.05, 4.69) is 60.7 Å². The predicted octanol–water partition coefficient (Wildman–Crippen LogP) is -6.95. The first kappa shape index (κ1) is 21.9. The summed E-state index contributed by atoms with van der Waals surface area (Å²) in [6, 6.07) is 21.9. The Morgan fingerprint density at radius 3 is 0.900 bits per heavy atom. The first-order valence-electron chi connectivity index (χ1n) is 5.56. The molecule has 0 amide bonds. The van der Waals surface area contributed by atoms with Gasteiger partial charge in [0.2, 0.25) is 0 Å². The fraction of sp³-hybridized carbons (Fsp3) is 0. The van der Waals surface area contributed by atoms with Crippen molar-refractivity contribution in [3.05, 3.63) is 60.7 Å². The molecule has 0 aliphatic heterocycles. The van der Waals surface area contributed by atoms with Crippen molar-refractivity contribution in [2.75, 3.05) is 0 Å². The van der Waals surface area contributed by atoms with E-state index >= 15 is 0 Å². The molecule has 0 atom stereocenters. The van der Waals surface area contributed by atoms with Crippen LogP contribution in [0.3, 0.4) is 0 Å². The Hall–Kier alpha value is 1.92. The Bertz CT molecular complexity index is 697. The molecule has 0 aliphatic rings. The number of hydrogen-bond acceptors (Lipinski definition) is 0. The molecule has 0 saturated carbocycles. The molecule has 0 unspecified atom stereocenters. The Labute approximate surface area is 213 Å². The van der Waals surface area contributed by atoms with Gasteiger partial charge in [0.05, 0.1) is 0 Å². The monoisotopic (exact) mass is 298 g/mol. The Balaban J connectivity index is -0.000000150. The molecule has 4 aromatic carbocycles. The van der Waals surface area contributed by atoms with E-state index < -0.39 is 0 Å². The van der Waals surface area contributed by atoms with Gasteiger partial charge in [0, 0.05) is 0 Å². The van der Waals surface area contributed by atoms with Gasteiger partial charge in [-0.2, -0.15) is 0 Å². The predicted molar refractivity (Wildman–Crippen MR) is 74.6 cm³/mol. The van der Waals surface area contributed by atoms with Crippen molar-refractivity contribution < 1.29 is 124 Å². The summed E-state index contributed by atoms with van der Waals surface area (Å²) in [5.74, 6) is 0. The van der Waals surface area contributed by atoms with Crippen LogP contribution in [0.5, 0.6) is 0 Å². The Kier molecular flexibility index (Phi) is 10.2. The van der Waals surface area contributed by atoms with Crippen LogP contribution in [0.25, 0.3) is 32.3 Å². The Morgan fingerprint density at radius 1 is 0.400 bits per heavy atom. The van der Waals surface area contributed by atoms with Gasteiger partial charge in [-0.3, -0.25) is 0 Å². The summed E-state index contributed by atoms with van der Waals surface area (Å²) in [6.45, 7) is 0. The largest absolute Gasteiger partial charge is 1.00 e. The molecule has 4 aromatic rings. The summed E-state index contributed by atoms with van der Waals surface area (Å²) in [5.41, 5.74) is 0. The van der Waals surface area contributed by atoms with E-state index in [1.165, 1.54) is 32.3 Å². The molecule has 0 heterocycles. The average molecular weight is 298 g/mol. The maximum Gasteiger partial charge on any atom is 1.00 e. The molecular weight excluding hydrogens is 284 g/mol. The fourth-order valence-corrected chi connectivity index (χ4v) is 2.67. The first-order valence-corrected chi connectivity index (χ1v) is 5.56. The second-order valence-electron chi connectivity index (χ2n) is 4.29. The SMILES string of the molecule is [H-].[H-].[H-].[H-].[Na+].[Na+].[Na+].[Na+].c1cc2ccc3cccc4ccc(c1)c2c34. The minimum atomic E-state index is 0. The van der Waals surface area contributed by atoms with Gasteiger partial charge in [-0.15, -0.1) is 0 Å². The van der Waals surface area contributed by atoms with Gasteiger partial charge in [0.25, 0.3) is 0 Å². The van der Waals surface area contributed by atoms with Crippen LogP contribution in [0, 0.1) is 0 Å². The smallest absolute Gasteiger partial charge is 1.00 e. The molecule has 0 spiro atoms. The quantitative estimate of drug-likeness (QED) is 0.224. The van der Waals surface area contributed by atoms with E-state index in [-0.39, 0.29) is 124 Å². The van der Waals surface area contributed by atoms with Gasteiger partial charge in [-0.05, 0) is 32.3 Å². The third-order valence-electron chi connectivity index (χ3n) is 3.39. The molecule has 0 bridgehead atoms. The maximum atomic E-state index is 2.21. The minimum absolute atomic E-state index is 0. The van der Waals surface area contributed by atoms with E-state index in [0.717, 1.165) is 0 Å². The zero-order valence-electron chi connectivity index (χ0n) is 16.8.